The van der Waals surface area contributed by atoms with Gasteiger partial charge >= 0.3 is 0 Å². The maximum Gasteiger partial charge on any atom is 0.273 e. The number of phenols is 1. The van der Waals surface area contributed by atoms with E-state index in [1.165, 1.54) is 62.7 Å². The highest BCUT2D eigenvalue weighted by atomic mass is 32.2. The van der Waals surface area contributed by atoms with Crippen LogP contribution in [-0.2, 0) is 14.8 Å². The molecule has 11 nitrogen and oxygen atoms in total. The van der Waals surface area contributed by atoms with E-state index in [4.69, 9.17) is 4.74 Å². The Hall–Kier alpha value is -4.97. The van der Waals surface area contributed by atoms with Crippen LogP contribution < -0.4 is 14.5 Å². The first-order valence-electron chi connectivity index (χ1n) is 11.6. The van der Waals surface area contributed by atoms with E-state index in [-0.39, 0.29) is 22.0 Å². The normalized spacial score (nSPS) is 11.4. The number of carbonyl (C=O) groups is 1. The van der Waals surface area contributed by atoms with Crippen LogP contribution in [0.1, 0.15) is 11.1 Å². The first-order valence-corrected chi connectivity index (χ1v) is 13.0. The zero-order chi connectivity index (χ0) is 28.2. The summed E-state index contributed by atoms with van der Waals surface area (Å²) in [6, 6.07) is 20.0. The maximum atomic E-state index is 13.6. The van der Waals surface area contributed by atoms with Gasteiger partial charge in [-0.05, 0) is 54.1 Å². The number of phenolic OH excluding ortho intramolecular Hbond substituents is 1. The Bertz CT molecular complexity index is 1690. The molecule has 0 radical (unpaired) electrons. The molecule has 0 atom stereocenters. The van der Waals surface area contributed by atoms with Gasteiger partial charge in [0.15, 0.2) is 0 Å². The van der Waals surface area contributed by atoms with Gasteiger partial charge in [0.25, 0.3) is 21.6 Å². The van der Waals surface area contributed by atoms with Crippen molar-refractivity contribution in [3.8, 4) is 11.5 Å². The van der Waals surface area contributed by atoms with E-state index in [9.17, 15) is 28.4 Å². The summed E-state index contributed by atoms with van der Waals surface area (Å²) < 4.78 is 33.2. The molecule has 0 spiro atoms. The van der Waals surface area contributed by atoms with Gasteiger partial charge in [0.1, 0.15) is 18.0 Å². The molecule has 2 N–H and O–H groups in total. The fourth-order valence-corrected chi connectivity index (χ4v) is 5.33. The number of nitrogens with zero attached hydrogens (tertiary/aromatic N) is 3. The van der Waals surface area contributed by atoms with Crippen molar-refractivity contribution < 1.29 is 28.0 Å². The zero-order valence-electron chi connectivity index (χ0n) is 20.9. The molecule has 0 aromatic heterocycles. The van der Waals surface area contributed by atoms with Crippen molar-refractivity contribution in [3.05, 3.63) is 100 Å². The summed E-state index contributed by atoms with van der Waals surface area (Å²) in [4.78, 5) is 23.3. The number of amides is 1. The van der Waals surface area contributed by atoms with Crippen molar-refractivity contribution in [2.45, 2.75) is 11.8 Å². The van der Waals surface area contributed by atoms with E-state index in [2.05, 4.69) is 10.5 Å². The van der Waals surface area contributed by atoms with Gasteiger partial charge in [-0.1, -0.05) is 36.4 Å². The van der Waals surface area contributed by atoms with Crippen molar-refractivity contribution in [2.75, 3.05) is 18.0 Å². The predicted octanol–water partition coefficient (Wildman–Crippen LogP) is 4.12. The predicted molar refractivity (Wildman–Crippen MR) is 147 cm³/mol. The number of anilines is 1. The Morgan fingerprint density at radius 1 is 1.10 bits per heavy atom. The Balaban J connectivity index is 1.64. The van der Waals surface area contributed by atoms with Crippen molar-refractivity contribution >= 4 is 44.3 Å². The van der Waals surface area contributed by atoms with Crippen LogP contribution in [0.2, 0.25) is 0 Å². The zero-order valence-corrected chi connectivity index (χ0v) is 21.8. The average molecular weight is 549 g/mol. The summed E-state index contributed by atoms with van der Waals surface area (Å²) in [5.41, 5.74) is 2.72. The fourth-order valence-electron chi connectivity index (χ4n) is 3.89. The summed E-state index contributed by atoms with van der Waals surface area (Å²) in [5, 5.41) is 27.2. The van der Waals surface area contributed by atoms with Crippen LogP contribution in [0.3, 0.4) is 0 Å². The standard InChI is InChI=1S/C27H24N4O7S/c1-18-7-13-22(15-25(18)31(34)35)39(36,37)30(20-9-11-21(38-2)12-10-20)17-27(33)29-28-16-24-23-6-4-3-5-19(23)8-14-26(24)32/h3-16,32H,17H2,1-2H3,(H,29,33). The third kappa shape index (κ3) is 5.80. The molecule has 0 aliphatic carbocycles. The molecule has 4 aromatic carbocycles. The molecule has 0 aliphatic rings. The number of hydrogen-bond donors (Lipinski definition) is 2. The first-order chi connectivity index (χ1) is 18.6. The van der Waals surface area contributed by atoms with Gasteiger partial charge in [-0.2, -0.15) is 5.10 Å². The number of rotatable bonds is 9. The second-order valence-corrected chi connectivity index (χ2v) is 10.3. The van der Waals surface area contributed by atoms with E-state index >= 15 is 0 Å². The highest BCUT2D eigenvalue weighted by Crippen LogP contribution is 2.29. The van der Waals surface area contributed by atoms with Gasteiger partial charge in [0.2, 0.25) is 0 Å². The van der Waals surface area contributed by atoms with Crippen molar-refractivity contribution in [1.82, 2.24) is 5.43 Å². The lowest BCUT2D eigenvalue weighted by atomic mass is 10.0. The van der Waals surface area contributed by atoms with Crippen LogP contribution in [0.5, 0.6) is 11.5 Å². The number of sulfonamides is 1. The number of nitrogens with one attached hydrogen (secondary N) is 1. The molecule has 0 saturated heterocycles. The molecule has 4 aromatic rings. The van der Waals surface area contributed by atoms with E-state index in [1.54, 1.807) is 18.2 Å². The monoisotopic (exact) mass is 548 g/mol. The van der Waals surface area contributed by atoms with Crippen LogP contribution in [-0.4, -0.2) is 44.2 Å². The molecular weight excluding hydrogens is 524 g/mol. The first kappa shape index (κ1) is 27.1. The highest BCUT2D eigenvalue weighted by molar-refractivity contribution is 7.92. The Morgan fingerprint density at radius 3 is 2.51 bits per heavy atom. The molecular formula is C27H24N4O7S. The number of benzene rings is 4. The number of ether oxygens (including phenoxy) is 1. The number of carbonyl (C=O) groups excluding carboxylic acids is 1. The molecule has 1 amide bonds. The second kappa shape index (κ2) is 11.2. The lowest BCUT2D eigenvalue weighted by molar-refractivity contribution is -0.385. The summed E-state index contributed by atoms with van der Waals surface area (Å²) in [7, 11) is -2.97. The van der Waals surface area contributed by atoms with Gasteiger partial charge in [-0.25, -0.2) is 13.8 Å². The number of nitro groups is 1. The van der Waals surface area contributed by atoms with E-state index < -0.39 is 27.4 Å². The molecule has 39 heavy (non-hydrogen) atoms. The quantitative estimate of drug-likeness (QED) is 0.181. The van der Waals surface area contributed by atoms with Crippen LogP contribution in [0.4, 0.5) is 11.4 Å². The summed E-state index contributed by atoms with van der Waals surface area (Å²) >= 11 is 0. The molecule has 0 aliphatic heterocycles. The smallest absolute Gasteiger partial charge is 0.273 e. The third-order valence-corrected chi connectivity index (χ3v) is 7.71. The molecule has 0 bridgehead atoms. The SMILES string of the molecule is COc1ccc(N(CC(=O)NN=Cc2c(O)ccc3ccccc23)S(=O)(=O)c2ccc(C)c([N+](=O)[O-])c2)cc1. The second-order valence-electron chi connectivity index (χ2n) is 8.43. The summed E-state index contributed by atoms with van der Waals surface area (Å²) in [5.74, 6) is -0.367. The number of methoxy groups -OCH3 is 1. The van der Waals surface area contributed by atoms with Crippen molar-refractivity contribution in [2.24, 2.45) is 5.10 Å². The molecule has 0 saturated carbocycles. The fraction of sp³-hybridized carbons (Fsp3) is 0.111. The minimum atomic E-state index is -4.42. The molecule has 200 valence electrons. The van der Waals surface area contributed by atoms with E-state index in [1.807, 2.05) is 12.1 Å². The molecule has 0 fully saturated rings. The lowest BCUT2D eigenvalue weighted by Crippen LogP contribution is -2.39. The van der Waals surface area contributed by atoms with Crippen LogP contribution in [0.25, 0.3) is 10.8 Å². The van der Waals surface area contributed by atoms with Crippen LogP contribution in [0.15, 0.2) is 88.9 Å². The van der Waals surface area contributed by atoms with E-state index in [0.29, 0.717) is 22.3 Å². The molecule has 0 unspecified atom stereocenters. The van der Waals surface area contributed by atoms with Gasteiger partial charge in [0.05, 0.1) is 28.8 Å². The van der Waals surface area contributed by atoms with Crippen molar-refractivity contribution in [3.63, 3.8) is 0 Å². The number of aryl methyl sites for hydroxylation is 1. The van der Waals surface area contributed by atoms with Gasteiger partial charge in [-0.15, -0.1) is 0 Å². The number of hydrogen-bond acceptors (Lipinski definition) is 8. The largest absolute Gasteiger partial charge is 0.507 e. The number of hydrazone groups is 1. The Kier molecular flexibility index (Phi) is 7.77. The van der Waals surface area contributed by atoms with Crippen LogP contribution >= 0.6 is 0 Å². The number of nitro benzene ring substituents is 1. The molecule has 4 rings (SSSR count). The van der Waals surface area contributed by atoms with Gasteiger partial charge in [0, 0.05) is 17.2 Å². The average Bonchev–Trinajstić information content (AvgIpc) is 2.93. The minimum Gasteiger partial charge on any atom is -0.507 e. The Labute approximate surface area is 224 Å². The molecule has 12 heteroatoms. The molecule has 0 heterocycles. The maximum absolute atomic E-state index is 13.6. The number of fused-ring (bicyclic) bond motifs is 1. The topological polar surface area (TPSA) is 151 Å². The Morgan fingerprint density at radius 2 is 1.82 bits per heavy atom. The van der Waals surface area contributed by atoms with E-state index in [0.717, 1.165) is 15.8 Å². The number of aromatic hydroxyl groups is 1. The van der Waals surface area contributed by atoms with Gasteiger partial charge in [-0.3, -0.25) is 19.2 Å². The van der Waals surface area contributed by atoms with Gasteiger partial charge < -0.3 is 9.84 Å². The highest BCUT2D eigenvalue weighted by Gasteiger charge is 2.29. The summed E-state index contributed by atoms with van der Waals surface area (Å²) in [6.45, 7) is 0.810. The minimum absolute atomic E-state index is 0.0462. The van der Waals surface area contributed by atoms with Crippen molar-refractivity contribution in [1.29, 1.82) is 0 Å². The lowest BCUT2D eigenvalue weighted by Gasteiger charge is -2.24. The third-order valence-electron chi connectivity index (χ3n) is 5.94. The summed E-state index contributed by atoms with van der Waals surface area (Å²) in [6.07, 6.45) is 1.27. The van der Waals surface area contributed by atoms with Crippen LogP contribution in [0, 0.1) is 17.0 Å².